The van der Waals surface area contributed by atoms with Gasteiger partial charge in [-0.3, -0.25) is 4.79 Å². The first kappa shape index (κ1) is 21.9. The number of anilines is 1. The summed E-state index contributed by atoms with van der Waals surface area (Å²) in [6.45, 7) is 4.51. The van der Waals surface area contributed by atoms with Crippen LogP contribution >= 0.6 is 22.9 Å². The Morgan fingerprint density at radius 2 is 2.23 bits per heavy atom. The van der Waals surface area contributed by atoms with Crippen LogP contribution in [0.15, 0.2) is 42.2 Å². The number of nitrogens with zero attached hydrogens (tertiary/aromatic N) is 3. The van der Waals surface area contributed by atoms with Gasteiger partial charge in [0.2, 0.25) is 5.78 Å². The molecule has 31 heavy (non-hydrogen) atoms. The van der Waals surface area contributed by atoms with Gasteiger partial charge < -0.3 is 10.4 Å². The van der Waals surface area contributed by atoms with Crippen molar-refractivity contribution in [1.29, 1.82) is 0 Å². The van der Waals surface area contributed by atoms with Gasteiger partial charge in [0.25, 0.3) is 0 Å². The first-order valence-electron chi connectivity index (χ1n) is 10.5. The molecule has 1 unspecified atom stereocenters. The van der Waals surface area contributed by atoms with Crippen LogP contribution in [-0.4, -0.2) is 31.9 Å². The van der Waals surface area contributed by atoms with Crippen molar-refractivity contribution >= 4 is 34.5 Å². The minimum absolute atomic E-state index is 0.163. The Balaban J connectivity index is 1.53. The third-order valence-electron chi connectivity index (χ3n) is 6.05. The zero-order chi connectivity index (χ0) is 22.0. The molecule has 3 aromatic rings. The number of hydrogen-bond donors (Lipinski definition) is 2. The fourth-order valence-electron chi connectivity index (χ4n) is 4.32. The molecule has 8 heteroatoms. The summed E-state index contributed by atoms with van der Waals surface area (Å²) < 4.78 is 0. The molecule has 0 amide bonds. The van der Waals surface area contributed by atoms with E-state index in [0.717, 1.165) is 19.3 Å². The van der Waals surface area contributed by atoms with E-state index < -0.39 is 6.10 Å². The van der Waals surface area contributed by atoms with E-state index in [2.05, 4.69) is 34.1 Å². The third kappa shape index (κ3) is 4.79. The molecule has 162 valence electrons. The number of aliphatic hydroxyl groups excluding tert-OH is 1. The van der Waals surface area contributed by atoms with Gasteiger partial charge in [-0.25, -0.2) is 15.0 Å². The standard InChI is InChI=1S/C23H25ClN4O2S/c1-3-14-8-16(7-13(14)2)27-23-17(10-25-12-26-23)22(30)19-9-15(11-31-19)21(29)18-5-4-6-20(24)28-18/h4-6,9-14,16,21,29H,3,7-8H2,1-2H3,(H,25,26,27)/t13-,14-,16-,21?/m0/s1. The molecule has 6 nitrogen and oxygen atoms in total. The van der Waals surface area contributed by atoms with E-state index >= 15 is 0 Å². The number of nitrogens with one attached hydrogen (secondary N) is 1. The number of carbonyl (C=O) groups is 1. The van der Waals surface area contributed by atoms with E-state index in [9.17, 15) is 9.90 Å². The molecule has 0 aromatic carbocycles. The molecule has 0 aliphatic heterocycles. The van der Waals surface area contributed by atoms with Gasteiger partial charge in [-0.1, -0.05) is 37.9 Å². The van der Waals surface area contributed by atoms with E-state index in [4.69, 9.17) is 11.6 Å². The lowest BCUT2D eigenvalue weighted by molar-refractivity contribution is 0.104. The van der Waals surface area contributed by atoms with Crippen molar-refractivity contribution in [2.75, 3.05) is 5.32 Å². The maximum atomic E-state index is 13.2. The van der Waals surface area contributed by atoms with Crippen molar-refractivity contribution in [2.24, 2.45) is 11.8 Å². The minimum atomic E-state index is -0.952. The summed E-state index contributed by atoms with van der Waals surface area (Å²) in [5.41, 5.74) is 1.49. The van der Waals surface area contributed by atoms with Crippen LogP contribution < -0.4 is 5.32 Å². The van der Waals surface area contributed by atoms with Crippen LogP contribution in [0.1, 0.15) is 65.7 Å². The van der Waals surface area contributed by atoms with E-state index in [-0.39, 0.29) is 5.78 Å². The highest BCUT2D eigenvalue weighted by atomic mass is 35.5. The van der Waals surface area contributed by atoms with Crippen molar-refractivity contribution in [1.82, 2.24) is 15.0 Å². The van der Waals surface area contributed by atoms with Gasteiger partial charge in [0.05, 0.1) is 16.1 Å². The molecule has 4 atom stereocenters. The predicted octanol–water partition coefficient (Wildman–Crippen LogP) is 5.14. The third-order valence-corrected chi connectivity index (χ3v) is 7.20. The molecular weight excluding hydrogens is 432 g/mol. The summed E-state index contributed by atoms with van der Waals surface area (Å²) in [4.78, 5) is 26.3. The Bertz CT molecular complexity index is 1070. The maximum absolute atomic E-state index is 13.2. The van der Waals surface area contributed by atoms with Crippen LogP contribution in [0.5, 0.6) is 0 Å². The number of ketones is 1. The summed E-state index contributed by atoms with van der Waals surface area (Å²) >= 11 is 7.21. The number of aliphatic hydroxyl groups is 1. The number of hydrogen-bond acceptors (Lipinski definition) is 7. The summed E-state index contributed by atoms with van der Waals surface area (Å²) in [6.07, 6.45) is 5.38. The Morgan fingerprint density at radius 3 is 2.97 bits per heavy atom. The molecule has 1 fully saturated rings. The zero-order valence-electron chi connectivity index (χ0n) is 17.5. The summed E-state index contributed by atoms with van der Waals surface area (Å²) in [5, 5.41) is 16.2. The molecular formula is C23H25ClN4O2S. The lowest BCUT2D eigenvalue weighted by Gasteiger charge is -2.15. The lowest BCUT2D eigenvalue weighted by atomic mass is 9.96. The average molecular weight is 457 g/mol. The highest BCUT2D eigenvalue weighted by Crippen LogP contribution is 2.36. The van der Waals surface area contributed by atoms with Crippen LogP contribution in [0.4, 0.5) is 5.82 Å². The average Bonchev–Trinajstić information content (AvgIpc) is 3.40. The topological polar surface area (TPSA) is 88.0 Å². The Morgan fingerprint density at radius 1 is 1.39 bits per heavy atom. The van der Waals surface area contributed by atoms with Crippen LogP contribution in [0, 0.1) is 11.8 Å². The Labute approximate surface area is 190 Å². The first-order valence-corrected chi connectivity index (χ1v) is 11.7. The number of halogens is 1. The Hall–Kier alpha value is -2.35. The van der Waals surface area contributed by atoms with E-state index in [0.29, 0.717) is 50.5 Å². The molecule has 1 saturated carbocycles. The molecule has 0 spiro atoms. The van der Waals surface area contributed by atoms with Crippen LogP contribution in [-0.2, 0) is 0 Å². The van der Waals surface area contributed by atoms with Crippen LogP contribution in [0.2, 0.25) is 5.15 Å². The van der Waals surface area contributed by atoms with Crippen molar-refractivity contribution in [3.05, 3.63) is 69.0 Å². The van der Waals surface area contributed by atoms with Gasteiger partial charge in [-0.2, -0.15) is 0 Å². The largest absolute Gasteiger partial charge is 0.382 e. The van der Waals surface area contributed by atoms with Gasteiger partial charge in [0.1, 0.15) is 23.4 Å². The van der Waals surface area contributed by atoms with Crippen molar-refractivity contribution in [3.8, 4) is 0 Å². The smallest absolute Gasteiger partial charge is 0.208 e. The number of carbonyl (C=O) groups excluding carboxylic acids is 1. The zero-order valence-corrected chi connectivity index (χ0v) is 19.0. The second-order valence-electron chi connectivity index (χ2n) is 8.10. The second-order valence-corrected chi connectivity index (χ2v) is 9.40. The SMILES string of the molecule is CC[C@H]1C[C@@H](Nc2ncncc2C(=O)c2cc(C(O)c3cccc(Cl)n3)cs2)C[C@@H]1C. The molecule has 2 N–H and O–H groups in total. The predicted molar refractivity (Wildman–Crippen MR) is 123 cm³/mol. The van der Waals surface area contributed by atoms with E-state index in [1.807, 2.05) is 0 Å². The van der Waals surface area contributed by atoms with Crippen LogP contribution in [0.25, 0.3) is 0 Å². The molecule has 3 heterocycles. The van der Waals surface area contributed by atoms with Gasteiger partial charge in [-0.05, 0) is 53.8 Å². The van der Waals surface area contributed by atoms with Crippen molar-refractivity contribution in [3.63, 3.8) is 0 Å². The number of pyridine rings is 1. The molecule has 0 saturated heterocycles. The Kier molecular flexibility index (Phi) is 6.65. The van der Waals surface area contributed by atoms with E-state index in [1.165, 1.54) is 17.7 Å². The van der Waals surface area contributed by atoms with Gasteiger partial charge in [-0.15, -0.1) is 11.3 Å². The van der Waals surface area contributed by atoms with Crippen LogP contribution in [0.3, 0.4) is 0 Å². The molecule has 1 aliphatic carbocycles. The highest BCUT2D eigenvalue weighted by Gasteiger charge is 2.31. The second kappa shape index (κ2) is 9.42. The molecule has 0 radical (unpaired) electrons. The highest BCUT2D eigenvalue weighted by molar-refractivity contribution is 7.12. The fraction of sp³-hybridized carbons (Fsp3) is 0.391. The van der Waals surface area contributed by atoms with E-state index in [1.54, 1.807) is 35.8 Å². The number of rotatable bonds is 7. The van der Waals surface area contributed by atoms with Gasteiger partial charge in [0, 0.05) is 12.2 Å². The summed E-state index contributed by atoms with van der Waals surface area (Å²) in [6, 6.07) is 7.09. The molecule has 0 bridgehead atoms. The molecule has 3 aromatic heterocycles. The lowest BCUT2D eigenvalue weighted by Crippen LogP contribution is -2.19. The minimum Gasteiger partial charge on any atom is -0.382 e. The first-order chi connectivity index (χ1) is 15.0. The van der Waals surface area contributed by atoms with Gasteiger partial charge in [0.15, 0.2) is 0 Å². The normalized spacial score (nSPS) is 21.7. The number of aromatic nitrogens is 3. The molecule has 4 rings (SSSR count). The number of thiophene rings is 1. The quantitative estimate of drug-likeness (QED) is 0.378. The monoisotopic (exact) mass is 456 g/mol. The summed E-state index contributed by atoms with van der Waals surface area (Å²) in [5.74, 6) is 1.76. The maximum Gasteiger partial charge on any atom is 0.208 e. The van der Waals surface area contributed by atoms with Crippen molar-refractivity contribution in [2.45, 2.75) is 45.3 Å². The van der Waals surface area contributed by atoms with Gasteiger partial charge >= 0.3 is 0 Å². The molecule has 1 aliphatic rings. The summed E-state index contributed by atoms with van der Waals surface area (Å²) in [7, 11) is 0. The fourth-order valence-corrected chi connectivity index (χ4v) is 5.37. The van der Waals surface area contributed by atoms with Crippen molar-refractivity contribution < 1.29 is 9.90 Å².